The van der Waals surface area contributed by atoms with Gasteiger partial charge in [-0.2, -0.15) is 0 Å². The summed E-state index contributed by atoms with van der Waals surface area (Å²) in [5.74, 6) is 2.90. The summed E-state index contributed by atoms with van der Waals surface area (Å²) in [6.45, 7) is 4.64. The Bertz CT molecular complexity index is 232. The zero-order valence-corrected chi connectivity index (χ0v) is 10.9. The lowest BCUT2D eigenvalue weighted by atomic mass is 9.54. The van der Waals surface area contributed by atoms with Crippen molar-refractivity contribution in [2.24, 2.45) is 23.2 Å². The number of carbonyl (C=O) groups excluding carboxylic acids is 1. The van der Waals surface area contributed by atoms with Gasteiger partial charge in [-0.25, -0.2) is 0 Å². The van der Waals surface area contributed by atoms with Gasteiger partial charge in [-0.15, -0.1) is 0 Å². The summed E-state index contributed by atoms with van der Waals surface area (Å²) in [6, 6.07) is 0. The van der Waals surface area contributed by atoms with E-state index >= 15 is 0 Å². The molecule has 92 valence electrons. The minimum atomic E-state index is 0.412. The topological polar surface area (TPSA) is 17.1 Å². The van der Waals surface area contributed by atoms with Crippen LogP contribution in [-0.2, 0) is 4.79 Å². The van der Waals surface area contributed by atoms with Gasteiger partial charge in [-0.3, -0.25) is 0 Å². The Morgan fingerprint density at radius 2 is 1.75 bits per heavy atom. The lowest BCUT2D eigenvalue weighted by Crippen LogP contribution is -2.41. The molecule has 2 aliphatic carbocycles. The maximum Gasteiger partial charge on any atom is 0.120 e. The maximum absolute atomic E-state index is 10.7. The van der Waals surface area contributed by atoms with Crippen LogP contribution in [0.15, 0.2) is 0 Å². The SMILES string of the molecule is CCC1(CC=O)CC(C2CCC(C)CC2)C1. The molecule has 2 aliphatic rings. The molecule has 1 heteroatoms. The molecule has 0 atom stereocenters. The highest BCUT2D eigenvalue weighted by Crippen LogP contribution is 2.55. The third-order valence-electron chi connectivity index (χ3n) is 5.38. The molecule has 0 radical (unpaired) electrons. The average Bonchev–Trinajstić information content (AvgIpc) is 2.24. The van der Waals surface area contributed by atoms with Gasteiger partial charge in [0.1, 0.15) is 6.29 Å². The van der Waals surface area contributed by atoms with Crippen LogP contribution in [-0.4, -0.2) is 6.29 Å². The molecule has 0 bridgehead atoms. The van der Waals surface area contributed by atoms with Crippen molar-refractivity contribution in [3.05, 3.63) is 0 Å². The lowest BCUT2D eigenvalue weighted by Gasteiger charge is -2.51. The molecule has 1 nitrogen and oxygen atoms in total. The maximum atomic E-state index is 10.7. The minimum absolute atomic E-state index is 0.412. The second-order valence-electron chi connectivity index (χ2n) is 6.41. The van der Waals surface area contributed by atoms with Crippen molar-refractivity contribution < 1.29 is 4.79 Å². The largest absolute Gasteiger partial charge is 0.303 e. The second-order valence-corrected chi connectivity index (χ2v) is 6.41. The molecule has 0 N–H and O–H groups in total. The fourth-order valence-corrected chi connectivity index (χ4v) is 3.92. The highest BCUT2D eigenvalue weighted by molar-refractivity contribution is 5.51. The van der Waals surface area contributed by atoms with Crippen LogP contribution in [0.5, 0.6) is 0 Å². The fraction of sp³-hybridized carbons (Fsp3) is 0.933. The van der Waals surface area contributed by atoms with E-state index in [2.05, 4.69) is 13.8 Å². The number of carbonyl (C=O) groups is 1. The summed E-state index contributed by atoms with van der Waals surface area (Å²) in [7, 11) is 0. The Kier molecular flexibility index (Phi) is 3.71. The normalized spacial score (nSPS) is 43.8. The highest BCUT2D eigenvalue weighted by atomic mass is 16.1. The first kappa shape index (κ1) is 12.1. The monoisotopic (exact) mass is 222 g/mol. The van der Waals surface area contributed by atoms with Gasteiger partial charge in [0, 0.05) is 6.42 Å². The molecule has 2 fully saturated rings. The van der Waals surface area contributed by atoms with E-state index in [0.717, 1.165) is 30.5 Å². The molecule has 2 saturated carbocycles. The van der Waals surface area contributed by atoms with Crippen molar-refractivity contribution in [1.82, 2.24) is 0 Å². The molecule has 0 heterocycles. The second kappa shape index (κ2) is 4.89. The quantitative estimate of drug-likeness (QED) is 0.651. The zero-order valence-electron chi connectivity index (χ0n) is 10.9. The van der Waals surface area contributed by atoms with Crippen LogP contribution in [0.2, 0.25) is 0 Å². The summed E-state index contributed by atoms with van der Waals surface area (Å²) >= 11 is 0. The molecule has 2 rings (SSSR count). The van der Waals surface area contributed by atoms with E-state index in [1.807, 2.05) is 0 Å². The zero-order chi connectivity index (χ0) is 11.6. The Labute approximate surface area is 100.0 Å². The van der Waals surface area contributed by atoms with Crippen LogP contribution in [0.25, 0.3) is 0 Å². The molecule has 0 unspecified atom stereocenters. The van der Waals surface area contributed by atoms with Gasteiger partial charge < -0.3 is 4.79 Å². The molecule has 16 heavy (non-hydrogen) atoms. The van der Waals surface area contributed by atoms with E-state index < -0.39 is 0 Å². The smallest absolute Gasteiger partial charge is 0.120 e. The van der Waals surface area contributed by atoms with Gasteiger partial charge in [-0.1, -0.05) is 33.1 Å². The van der Waals surface area contributed by atoms with E-state index in [4.69, 9.17) is 0 Å². The van der Waals surface area contributed by atoms with Crippen LogP contribution in [0, 0.1) is 23.2 Å². The lowest BCUT2D eigenvalue weighted by molar-refractivity contribution is -0.113. The summed E-state index contributed by atoms with van der Waals surface area (Å²) in [5.41, 5.74) is 0.412. The number of aldehydes is 1. The first-order chi connectivity index (χ1) is 7.69. The summed E-state index contributed by atoms with van der Waals surface area (Å²) in [6.07, 6.45) is 11.6. The molecule has 0 aromatic heterocycles. The molecular formula is C15H26O. The third-order valence-corrected chi connectivity index (χ3v) is 5.38. The van der Waals surface area contributed by atoms with E-state index in [0.29, 0.717) is 5.41 Å². The average molecular weight is 222 g/mol. The molecule has 0 amide bonds. The summed E-state index contributed by atoms with van der Waals surface area (Å²) in [4.78, 5) is 10.7. The fourth-order valence-electron chi connectivity index (χ4n) is 3.92. The van der Waals surface area contributed by atoms with Crippen LogP contribution in [0.3, 0.4) is 0 Å². The van der Waals surface area contributed by atoms with Crippen molar-refractivity contribution in [1.29, 1.82) is 0 Å². The Morgan fingerprint density at radius 3 is 2.25 bits per heavy atom. The Morgan fingerprint density at radius 1 is 1.12 bits per heavy atom. The van der Waals surface area contributed by atoms with Crippen molar-refractivity contribution in [3.63, 3.8) is 0 Å². The number of rotatable bonds is 4. The standard InChI is InChI=1S/C15H26O/c1-3-15(8-9-16)10-14(11-15)13-6-4-12(2)5-7-13/h9,12-14H,3-8,10-11H2,1-2H3. The van der Waals surface area contributed by atoms with Gasteiger partial charge in [0.25, 0.3) is 0 Å². The molecule has 0 saturated heterocycles. The van der Waals surface area contributed by atoms with Crippen molar-refractivity contribution in [3.8, 4) is 0 Å². The van der Waals surface area contributed by atoms with Crippen LogP contribution >= 0.6 is 0 Å². The van der Waals surface area contributed by atoms with Crippen LogP contribution in [0.1, 0.15) is 65.2 Å². The van der Waals surface area contributed by atoms with Gasteiger partial charge in [0.2, 0.25) is 0 Å². The molecule has 0 aromatic rings. The van der Waals surface area contributed by atoms with Crippen molar-refractivity contribution >= 4 is 6.29 Å². The molecule has 0 aliphatic heterocycles. The Hall–Kier alpha value is -0.330. The van der Waals surface area contributed by atoms with E-state index in [1.165, 1.54) is 44.9 Å². The van der Waals surface area contributed by atoms with Gasteiger partial charge >= 0.3 is 0 Å². The summed E-state index contributed by atoms with van der Waals surface area (Å²) < 4.78 is 0. The predicted octanol–water partition coefficient (Wildman–Crippen LogP) is 4.21. The Balaban J connectivity index is 1.80. The van der Waals surface area contributed by atoms with Gasteiger partial charge in [0.15, 0.2) is 0 Å². The van der Waals surface area contributed by atoms with E-state index in [1.54, 1.807) is 0 Å². The molecule has 0 spiro atoms. The van der Waals surface area contributed by atoms with E-state index in [-0.39, 0.29) is 0 Å². The minimum Gasteiger partial charge on any atom is -0.303 e. The molecular weight excluding hydrogens is 196 g/mol. The predicted molar refractivity (Wildman–Crippen MR) is 67.3 cm³/mol. The number of hydrogen-bond acceptors (Lipinski definition) is 1. The van der Waals surface area contributed by atoms with Crippen molar-refractivity contribution in [2.75, 3.05) is 0 Å². The van der Waals surface area contributed by atoms with Gasteiger partial charge in [0.05, 0.1) is 0 Å². The first-order valence-electron chi connectivity index (χ1n) is 7.13. The first-order valence-corrected chi connectivity index (χ1v) is 7.13. The van der Waals surface area contributed by atoms with Crippen LogP contribution in [0.4, 0.5) is 0 Å². The van der Waals surface area contributed by atoms with E-state index in [9.17, 15) is 4.79 Å². The molecule has 0 aromatic carbocycles. The summed E-state index contributed by atoms with van der Waals surface area (Å²) in [5, 5.41) is 0. The van der Waals surface area contributed by atoms with Crippen molar-refractivity contribution in [2.45, 2.75) is 65.2 Å². The highest BCUT2D eigenvalue weighted by Gasteiger charge is 2.45. The van der Waals surface area contributed by atoms with Crippen LogP contribution < -0.4 is 0 Å². The number of hydrogen-bond donors (Lipinski definition) is 0. The third kappa shape index (κ3) is 2.33. The van der Waals surface area contributed by atoms with Gasteiger partial charge in [-0.05, 0) is 48.9 Å².